The van der Waals surface area contributed by atoms with Gasteiger partial charge in [0, 0.05) is 18.8 Å². The summed E-state index contributed by atoms with van der Waals surface area (Å²) in [5, 5.41) is 9.19. The highest BCUT2D eigenvalue weighted by atomic mass is 16.3. The summed E-state index contributed by atoms with van der Waals surface area (Å²) in [5.41, 5.74) is 8.09. The van der Waals surface area contributed by atoms with Gasteiger partial charge in [-0.3, -0.25) is 0 Å². The molecule has 0 saturated carbocycles. The SMILES string of the molecule is C[C@H](N)c1cncn1CCc1ccc(O)cc1. The molecule has 2 aromatic rings. The molecular formula is C13H17N3O. The number of hydrogen-bond acceptors (Lipinski definition) is 3. The van der Waals surface area contributed by atoms with E-state index in [1.54, 1.807) is 18.5 Å². The topological polar surface area (TPSA) is 64.1 Å². The van der Waals surface area contributed by atoms with Crippen LogP contribution in [-0.2, 0) is 13.0 Å². The molecule has 4 nitrogen and oxygen atoms in total. The minimum absolute atomic E-state index is 0.00248. The van der Waals surface area contributed by atoms with Crippen LogP contribution in [0.15, 0.2) is 36.8 Å². The number of hydrogen-bond donors (Lipinski definition) is 2. The maximum atomic E-state index is 9.19. The molecule has 1 atom stereocenters. The van der Waals surface area contributed by atoms with E-state index in [1.807, 2.05) is 25.3 Å². The van der Waals surface area contributed by atoms with E-state index in [0.29, 0.717) is 5.75 Å². The Kier molecular flexibility index (Phi) is 3.44. The van der Waals surface area contributed by atoms with Crippen molar-refractivity contribution in [1.82, 2.24) is 9.55 Å². The molecule has 1 heterocycles. The van der Waals surface area contributed by atoms with Gasteiger partial charge in [-0.2, -0.15) is 0 Å². The van der Waals surface area contributed by atoms with Gasteiger partial charge in [0.1, 0.15) is 5.75 Å². The van der Waals surface area contributed by atoms with E-state index in [1.165, 1.54) is 5.56 Å². The molecule has 0 fully saturated rings. The standard InChI is InChI=1S/C13H17N3O/c1-10(14)13-8-15-9-16(13)7-6-11-2-4-12(17)5-3-11/h2-5,8-10,17H,6-7,14H2,1H3/t10-/m0/s1. The van der Waals surface area contributed by atoms with Crippen molar-refractivity contribution in [3.05, 3.63) is 48.0 Å². The molecule has 0 aliphatic rings. The number of nitrogens with two attached hydrogens (primary N) is 1. The second-order valence-corrected chi connectivity index (χ2v) is 4.22. The molecular weight excluding hydrogens is 214 g/mol. The predicted octanol–water partition coefficient (Wildman–Crippen LogP) is 1.85. The number of benzene rings is 1. The molecule has 1 aromatic heterocycles. The van der Waals surface area contributed by atoms with Crippen LogP contribution in [0, 0.1) is 0 Å². The van der Waals surface area contributed by atoms with E-state index in [4.69, 9.17) is 5.73 Å². The quantitative estimate of drug-likeness (QED) is 0.844. The van der Waals surface area contributed by atoms with Crippen molar-refractivity contribution >= 4 is 0 Å². The molecule has 0 saturated heterocycles. The first-order valence-electron chi connectivity index (χ1n) is 5.70. The lowest BCUT2D eigenvalue weighted by atomic mass is 10.1. The zero-order valence-corrected chi connectivity index (χ0v) is 9.87. The first kappa shape index (κ1) is 11.7. The zero-order chi connectivity index (χ0) is 12.3. The largest absolute Gasteiger partial charge is 0.508 e. The van der Waals surface area contributed by atoms with Crippen molar-refractivity contribution in [2.75, 3.05) is 0 Å². The molecule has 0 amide bonds. The lowest BCUT2D eigenvalue weighted by Gasteiger charge is -2.10. The highest BCUT2D eigenvalue weighted by Gasteiger charge is 2.06. The van der Waals surface area contributed by atoms with E-state index in [9.17, 15) is 5.11 Å². The van der Waals surface area contributed by atoms with Crippen LogP contribution in [0.2, 0.25) is 0 Å². The molecule has 0 radical (unpaired) electrons. The average Bonchev–Trinajstić information content (AvgIpc) is 2.76. The highest BCUT2D eigenvalue weighted by Crippen LogP contribution is 2.13. The van der Waals surface area contributed by atoms with Crippen LogP contribution >= 0.6 is 0 Å². The molecule has 17 heavy (non-hydrogen) atoms. The van der Waals surface area contributed by atoms with E-state index in [-0.39, 0.29) is 6.04 Å². The number of rotatable bonds is 4. The molecule has 0 aliphatic carbocycles. The number of imidazole rings is 1. The van der Waals surface area contributed by atoms with Crippen LogP contribution in [0.4, 0.5) is 0 Å². The zero-order valence-electron chi connectivity index (χ0n) is 9.87. The summed E-state index contributed by atoms with van der Waals surface area (Å²) in [5.74, 6) is 0.299. The molecule has 0 spiro atoms. The molecule has 0 unspecified atom stereocenters. The van der Waals surface area contributed by atoms with Crippen molar-refractivity contribution in [1.29, 1.82) is 0 Å². The van der Waals surface area contributed by atoms with Crippen molar-refractivity contribution in [3.63, 3.8) is 0 Å². The average molecular weight is 231 g/mol. The Morgan fingerprint density at radius 1 is 1.35 bits per heavy atom. The summed E-state index contributed by atoms with van der Waals surface area (Å²) >= 11 is 0. The third kappa shape index (κ3) is 2.85. The van der Waals surface area contributed by atoms with Crippen LogP contribution in [0.25, 0.3) is 0 Å². The number of nitrogens with zero attached hydrogens (tertiary/aromatic N) is 2. The van der Waals surface area contributed by atoms with Crippen LogP contribution in [0.5, 0.6) is 5.75 Å². The summed E-state index contributed by atoms with van der Waals surface area (Å²) in [6, 6.07) is 7.26. The Labute approximate surface area is 101 Å². The first-order valence-corrected chi connectivity index (χ1v) is 5.70. The smallest absolute Gasteiger partial charge is 0.115 e. The molecule has 3 N–H and O–H groups in total. The van der Waals surface area contributed by atoms with Crippen LogP contribution in [0.1, 0.15) is 24.2 Å². The summed E-state index contributed by atoms with van der Waals surface area (Å²) in [7, 11) is 0. The van der Waals surface area contributed by atoms with Crippen LogP contribution < -0.4 is 5.73 Å². The third-order valence-electron chi connectivity index (χ3n) is 2.79. The molecule has 0 bridgehead atoms. The van der Waals surface area contributed by atoms with E-state index in [2.05, 4.69) is 9.55 Å². The number of aryl methyl sites for hydroxylation is 2. The minimum Gasteiger partial charge on any atom is -0.508 e. The number of phenolic OH excluding ortho intramolecular Hbond substituents is 1. The summed E-state index contributed by atoms with van der Waals surface area (Å²) in [4.78, 5) is 4.11. The van der Waals surface area contributed by atoms with Crippen molar-refractivity contribution in [2.24, 2.45) is 5.73 Å². The highest BCUT2D eigenvalue weighted by molar-refractivity contribution is 5.25. The third-order valence-corrected chi connectivity index (χ3v) is 2.79. The summed E-state index contributed by atoms with van der Waals surface area (Å²) < 4.78 is 2.07. The maximum absolute atomic E-state index is 9.19. The second kappa shape index (κ2) is 5.01. The lowest BCUT2D eigenvalue weighted by molar-refractivity contribution is 0.475. The van der Waals surface area contributed by atoms with E-state index < -0.39 is 0 Å². The van der Waals surface area contributed by atoms with Gasteiger partial charge in [0.15, 0.2) is 0 Å². The van der Waals surface area contributed by atoms with Crippen LogP contribution in [-0.4, -0.2) is 14.7 Å². The van der Waals surface area contributed by atoms with Gasteiger partial charge in [-0.1, -0.05) is 12.1 Å². The Morgan fingerprint density at radius 3 is 2.71 bits per heavy atom. The summed E-state index contributed by atoms with van der Waals surface area (Å²) in [6.45, 7) is 2.80. The van der Waals surface area contributed by atoms with Crippen molar-refractivity contribution in [3.8, 4) is 5.75 Å². The fourth-order valence-electron chi connectivity index (χ4n) is 1.81. The molecule has 4 heteroatoms. The fourth-order valence-corrected chi connectivity index (χ4v) is 1.81. The molecule has 90 valence electrons. The van der Waals surface area contributed by atoms with E-state index >= 15 is 0 Å². The predicted molar refractivity (Wildman–Crippen MR) is 66.6 cm³/mol. The van der Waals surface area contributed by atoms with Gasteiger partial charge in [0.05, 0.1) is 12.0 Å². The van der Waals surface area contributed by atoms with Gasteiger partial charge in [-0.05, 0) is 31.0 Å². The van der Waals surface area contributed by atoms with Gasteiger partial charge < -0.3 is 15.4 Å². The first-order chi connectivity index (χ1) is 8.16. The lowest BCUT2D eigenvalue weighted by Crippen LogP contribution is -2.12. The van der Waals surface area contributed by atoms with E-state index in [0.717, 1.165) is 18.7 Å². The number of aromatic nitrogens is 2. The van der Waals surface area contributed by atoms with Gasteiger partial charge in [0.2, 0.25) is 0 Å². The Bertz CT molecular complexity index is 474. The molecule has 1 aromatic carbocycles. The maximum Gasteiger partial charge on any atom is 0.115 e. The fraction of sp³-hybridized carbons (Fsp3) is 0.308. The second-order valence-electron chi connectivity index (χ2n) is 4.22. The molecule has 2 rings (SSSR count). The van der Waals surface area contributed by atoms with Gasteiger partial charge in [0.25, 0.3) is 0 Å². The summed E-state index contributed by atoms with van der Waals surface area (Å²) in [6.07, 6.45) is 4.51. The number of aromatic hydroxyl groups is 1. The molecule has 0 aliphatic heterocycles. The number of phenols is 1. The van der Waals surface area contributed by atoms with Crippen molar-refractivity contribution in [2.45, 2.75) is 25.9 Å². The Hall–Kier alpha value is -1.81. The van der Waals surface area contributed by atoms with Crippen molar-refractivity contribution < 1.29 is 5.11 Å². The minimum atomic E-state index is -0.00248. The normalized spacial score (nSPS) is 12.6. The monoisotopic (exact) mass is 231 g/mol. The Balaban J connectivity index is 2.02. The van der Waals surface area contributed by atoms with Gasteiger partial charge in [-0.25, -0.2) is 4.98 Å². The van der Waals surface area contributed by atoms with Crippen LogP contribution in [0.3, 0.4) is 0 Å². The van der Waals surface area contributed by atoms with Gasteiger partial charge >= 0.3 is 0 Å². The van der Waals surface area contributed by atoms with Gasteiger partial charge in [-0.15, -0.1) is 0 Å². The Morgan fingerprint density at radius 2 is 2.06 bits per heavy atom.